The molecule has 0 amide bonds. The molecule has 47 heavy (non-hydrogen) atoms. The van der Waals surface area contributed by atoms with E-state index in [2.05, 4.69) is 10.6 Å². The number of carbonyl (C=O) groups excluding carboxylic acids is 1. The molecule has 2 saturated carbocycles. The highest BCUT2D eigenvalue weighted by Crippen LogP contribution is 2.27. The van der Waals surface area contributed by atoms with Crippen molar-refractivity contribution in [1.82, 2.24) is 10.6 Å². The number of carboxylic acids is 1. The average Bonchev–Trinajstić information content (AvgIpc) is 3.13. The number of nitrogens with one attached hydrogen (secondary N) is 2. The maximum absolute atomic E-state index is 13.1. The summed E-state index contributed by atoms with van der Waals surface area (Å²) in [6.07, 6.45) is 18.1. The molecule has 6 nitrogen and oxygen atoms in total. The molecule has 0 saturated heterocycles. The molecule has 3 aliphatic carbocycles. The second kappa shape index (κ2) is 18.4. The molecule has 6 rings (SSSR count). The number of allylic oxidation sites excluding steroid dienone is 2. The third-order valence-corrected chi connectivity index (χ3v) is 9.72. The van der Waals surface area contributed by atoms with Gasteiger partial charge >= 0.3 is 5.97 Å². The topological polar surface area (TPSA) is 87.7 Å². The lowest BCUT2D eigenvalue weighted by molar-refractivity contribution is -0.139. The van der Waals surface area contributed by atoms with E-state index in [1.54, 1.807) is 12.1 Å². The van der Waals surface area contributed by atoms with E-state index in [0.29, 0.717) is 37.0 Å². The van der Waals surface area contributed by atoms with E-state index in [1.807, 2.05) is 72.8 Å². The summed E-state index contributed by atoms with van der Waals surface area (Å²) in [5.41, 5.74) is 4.07. The van der Waals surface area contributed by atoms with E-state index >= 15 is 0 Å². The summed E-state index contributed by atoms with van der Waals surface area (Å²) in [6.45, 7) is 0.478. The molecule has 2 fully saturated rings. The minimum atomic E-state index is -0.936. The number of ketones is 1. The van der Waals surface area contributed by atoms with E-state index in [9.17, 15) is 14.7 Å². The van der Waals surface area contributed by atoms with Crippen LogP contribution < -0.4 is 15.4 Å². The molecule has 1 atom stereocenters. The Morgan fingerprint density at radius 3 is 1.85 bits per heavy atom. The number of benzene rings is 3. The number of aliphatic carboxylic acids is 1. The van der Waals surface area contributed by atoms with Gasteiger partial charge in [-0.1, -0.05) is 111 Å². The second-order valence-electron chi connectivity index (χ2n) is 13.4. The molecule has 0 aromatic heterocycles. The Morgan fingerprint density at radius 2 is 1.26 bits per heavy atom. The predicted molar refractivity (Wildman–Crippen MR) is 189 cm³/mol. The van der Waals surface area contributed by atoms with Gasteiger partial charge in [-0.15, -0.1) is 0 Å². The molecule has 0 spiro atoms. The maximum atomic E-state index is 13.1. The van der Waals surface area contributed by atoms with Crippen molar-refractivity contribution >= 4 is 11.8 Å². The van der Waals surface area contributed by atoms with Crippen molar-refractivity contribution in [1.29, 1.82) is 0 Å². The number of hydrogen-bond donors (Lipinski definition) is 3. The van der Waals surface area contributed by atoms with Gasteiger partial charge in [0.15, 0.2) is 5.78 Å². The first-order valence-electron chi connectivity index (χ1n) is 17.9. The molecule has 250 valence electrons. The van der Waals surface area contributed by atoms with Crippen LogP contribution in [0.3, 0.4) is 0 Å². The normalized spacial score (nSPS) is 18.0. The zero-order valence-corrected chi connectivity index (χ0v) is 27.8. The number of carbonyl (C=O) groups is 2. The Hall–Kier alpha value is -3.90. The molecule has 3 N–H and O–H groups in total. The fourth-order valence-corrected chi connectivity index (χ4v) is 7.06. The number of carboxylic acid groups (broad SMARTS) is 1. The highest BCUT2D eigenvalue weighted by atomic mass is 16.5. The molecule has 3 aliphatic rings. The van der Waals surface area contributed by atoms with E-state index in [1.165, 1.54) is 64.2 Å². The van der Waals surface area contributed by atoms with Gasteiger partial charge in [0.1, 0.15) is 18.4 Å². The fraction of sp³-hybridized carbons (Fsp3) is 0.463. The van der Waals surface area contributed by atoms with Crippen LogP contribution in [0.2, 0.25) is 0 Å². The molecular formula is C41H52N2O4. The summed E-state index contributed by atoms with van der Waals surface area (Å²) in [7, 11) is 0. The van der Waals surface area contributed by atoms with E-state index < -0.39 is 12.0 Å². The van der Waals surface area contributed by atoms with Crippen molar-refractivity contribution in [3.63, 3.8) is 0 Å². The van der Waals surface area contributed by atoms with Crippen LogP contribution in [0, 0.1) is 0 Å². The third kappa shape index (κ3) is 11.1. The van der Waals surface area contributed by atoms with Gasteiger partial charge in [-0.3, -0.25) is 4.79 Å². The van der Waals surface area contributed by atoms with Gasteiger partial charge < -0.3 is 20.5 Å². The lowest BCUT2D eigenvalue weighted by Gasteiger charge is -2.30. The quantitative estimate of drug-likeness (QED) is 0.172. The Kier molecular flexibility index (Phi) is 13.5. The van der Waals surface area contributed by atoms with Crippen molar-refractivity contribution in [2.45, 2.75) is 121 Å². The van der Waals surface area contributed by atoms with Crippen molar-refractivity contribution in [3.05, 3.63) is 113 Å². The van der Waals surface area contributed by atoms with Crippen molar-refractivity contribution < 1.29 is 19.4 Å². The summed E-state index contributed by atoms with van der Waals surface area (Å²) in [4.78, 5) is 25.1. The first kappa shape index (κ1) is 34.4. The molecule has 0 unspecified atom stereocenters. The van der Waals surface area contributed by atoms with Gasteiger partial charge in [0.2, 0.25) is 0 Å². The standard InChI is InChI=1S/C29H29NO4.C12H23N/c31-28(23-11-5-2-6-12-23)25-13-7-8-14-26(25)30-27(29(32)33)19-21-15-17-24(18-16-21)34-20-22-9-3-1-4-10-22;1-3-7-11(8-4-1)13-12-9-5-2-6-10-12/h1-6,9-12,15-18,27,30H,7-8,13-14,19-20H2,(H,32,33);11-13H,1-10H2/t27-;/m0./s1. The van der Waals surface area contributed by atoms with Crippen molar-refractivity contribution in [3.8, 4) is 5.75 Å². The summed E-state index contributed by atoms with van der Waals surface area (Å²) in [5.74, 6) is -0.223. The van der Waals surface area contributed by atoms with Gasteiger partial charge in [0.25, 0.3) is 0 Å². The molecule has 0 heterocycles. The van der Waals surface area contributed by atoms with E-state index in [-0.39, 0.29) is 5.78 Å². The fourth-order valence-electron chi connectivity index (χ4n) is 7.06. The lowest BCUT2D eigenvalue weighted by atomic mass is 9.90. The minimum Gasteiger partial charge on any atom is -0.489 e. The van der Waals surface area contributed by atoms with Gasteiger partial charge in [-0.05, 0) is 74.6 Å². The van der Waals surface area contributed by atoms with Crippen LogP contribution in [0.15, 0.2) is 96.2 Å². The Labute approximate surface area is 281 Å². The summed E-state index contributed by atoms with van der Waals surface area (Å²) in [6, 6.07) is 27.5. The van der Waals surface area contributed by atoms with Crippen LogP contribution in [0.1, 0.15) is 111 Å². The SMILES string of the molecule is C1CCC(NC2CCCCC2)CC1.O=C(C1=C(N[C@@H](Cc2ccc(OCc3ccccc3)cc2)C(=O)O)CCCC1)c1ccccc1. The smallest absolute Gasteiger partial charge is 0.326 e. The highest BCUT2D eigenvalue weighted by Gasteiger charge is 2.25. The molecule has 3 aromatic carbocycles. The van der Waals surface area contributed by atoms with Crippen molar-refractivity contribution in [2.24, 2.45) is 0 Å². The van der Waals surface area contributed by atoms with Crippen LogP contribution in [0.4, 0.5) is 0 Å². The lowest BCUT2D eigenvalue weighted by Crippen LogP contribution is -2.40. The monoisotopic (exact) mass is 636 g/mol. The Bertz CT molecular complexity index is 1390. The molecule has 3 aromatic rings. The largest absolute Gasteiger partial charge is 0.489 e. The van der Waals surface area contributed by atoms with Crippen LogP contribution in [-0.2, 0) is 17.8 Å². The maximum Gasteiger partial charge on any atom is 0.326 e. The third-order valence-electron chi connectivity index (χ3n) is 9.72. The van der Waals surface area contributed by atoms with Gasteiger partial charge in [-0.25, -0.2) is 4.79 Å². The molecule has 0 aliphatic heterocycles. The number of Topliss-reactive ketones (excluding diaryl/α,β-unsaturated/α-hetero) is 1. The van der Waals surface area contributed by atoms with E-state index in [4.69, 9.17) is 4.74 Å². The number of rotatable bonds is 12. The minimum absolute atomic E-state index is 0.0214. The van der Waals surface area contributed by atoms with Crippen LogP contribution >= 0.6 is 0 Å². The second-order valence-corrected chi connectivity index (χ2v) is 13.4. The Balaban J connectivity index is 0.000000277. The van der Waals surface area contributed by atoms with Gasteiger partial charge in [-0.2, -0.15) is 0 Å². The van der Waals surface area contributed by atoms with E-state index in [0.717, 1.165) is 47.5 Å². The summed E-state index contributed by atoms with van der Waals surface area (Å²) < 4.78 is 5.83. The van der Waals surface area contributed by atoms with Crippen LogP contribution in [0.5, 0.6) is 5.75 Å². The summed E-state index contributed by atoms with van der Waals surface area (Å²) in [5, 5.41) is 16.9. The molecular weight excluding hydrogens is 584 g/mol. The number of ether oxygens (including phenoxy) is 1. The zero-order chi connectivity index (χ0) is 32.7. The first-order valence-corrected chi connectivity index (χ1v) is 17.9. The zero-order valence-electron chi connectivity index (χ0n) is 27.8. The van der Waals surface area contributed by atoms with Gasteiger partial charge in [0.05, 0.1) is 0 Å². The number of hydrogen-bond acceptors (Lipinski definition) is 5. The predicted octanol–water partition coefficient (Wildman–Crippen LogP) is 8.80. The Morgan fingerprint density at radius 1 is 0.681 bits per heavy atom. The van der Waals surface area contributed by atoms with Crippen LogP contribution in [0.25, 0.3) is 0 Å². The molecule has 0 bridgehead atoms. The molecule has 6 heteroatoms. The first-order chi connectivity index (χ1) is 23.0. The average molecular weight is 637 g/mol. The summed E-state index contributed by atoms with van der Waals surface area (Å²) >= 11 is 0. The van der Waals surface area contributed by atoms with Crippen LogP contribution in [-0.4, -0.2) is 35.0 Å². The molecule has 0 radical (unpaired) electrons. The van der Waals surface area contributed by atoms with Crippen molar-refractivity contribution in [2.75, 3.05) is 0 Å². The highest BCUT2D eigenvalue weighted by molar-refractivity contribution is 6.09. The van der Waals surface area contributed by atoms with Gasteiger partial charge in [0, 0.05) is 35.3 Å².